The summed E-state index contributed by atoms with van der Waals surface area (Å²) in [6.45, 7) is 2.01. The van der Waals surface area contributed by atoms with Crippen molar-refractivity contribution in [1.29, 1.82) is 0 Å². The van der Waals surface area contributed by atoms with Gasteiger partial charge in [-0.15, -0.1) is 0 Å². The molecular weight excluding hydrogens is 486 g/mol. The van der Waals surface area contributed by atoms with Gasteiger partial charge in [-0.2, -0.15) is 0 Å². The van der Waals surface area contributed by atoms with E-state index in [-0.39, 0.29) is 23.1 Å². The van der Waals surface area contributed by atoms with Crippen LogP contribution < -0.4 is 10.0 Å². The molecule has 2 amide bonds. The van der Waals surface area contributed by atoms with Crippen LogP contribution in [0.3, 0.4) is 0 Å². The Balaban J connectivity index is 1.20. The molecule has 8 heteroatoms. The molecule has 37 heavy (non-hydrogen) atoms. The second-order valence-corrected chi connectivity index (χ2v) is 11.1. The Morgan fingerprint density at radius 3 is 2.05 bits per heavy atom. The van der Waals surface area contributed by atoms with Crippen LogP contribution in [-0.2, 0) is 38.9 Å². The smallest absolute Gasteiger partial charge is 0.240 e. The average Bonchev–Trinajstić information content (AvgIpc) is 3.45. The molecule has 3 aromatic rings. The van der Waals surface area contributed by atoms with Crippen LogP contribution in [0, 0.1) is 0 Å². The summed E-state index contributed by atoms with van der Waals surface area (Å²) in [6.07, 6.45) is 3.92. The van der Waals surface area contributed by atoms with E-state index >= 15 is 0 Å². The summed E-state index contributed by atoms with van der Waals surface area (Å²) >= 11 is 0. The number of carbonyl (C=O) groups is 2. The summed E-state index contributed by atoms with van der Waals surface area (Å²) in [5.74, 6) is 0.0243. The minimum Gasteiger partial charge on any atom is -0.342 e. The summed E-state index contributed by atoms with van der Waals surface area (Å²) < 4.78 is 27.7. The third-order valence-electron chi connectivity index (χ3n) is 6.47. The van der Waals surface area contributed by atoms with E-state index in [1.54, 1.807) is 24.3 Å². The van der Waals surface area contributed by atoms with Gasteiger partial charge in [-0.3, -0.25) is 9.59 Å². The second-order valence-electron chi connectivity index (χ2n) is 9.29. The summed E-state index contributed by atoms with van der Waals surface area (Å²) in [5.41, 5.74) is 3.57. The first-order chi connectivity index (χ1) is 17.9. The number of sulfonamides is 1. The summed E-state index contributed by atoms with van der Waals surface area (Å²) in [4.78, 5) is 26.8. The summed E-state index contributed by atoms with van der Waals surface area (Å²) in [7, 11) is -3.59. The highest BCUT2D eigenvalue weighted by molar-refractivity contribution is 7.89. The zero-order valence-corrected chi connectivity index (χ0v) is 21.7. The maximum Gasteiger partial charge on any atom is 0.240 e. The van der Waals surface area contributed by atoms with Crippen molar-refractivity contribution >= 4 is 27.5 Å². The average molecular weight is 520 g/mol. The zero-order chi connectivity index (χ0) is 26.1. The van der Waals surface area contributed by atoms with Crippen molar-refractivity contribution < 1.29 is 18.0 Å². The molecule has 1 heterocycles. The molecule has 1 fully saturated rings. The van der Waals surface area contributed by atoms with Gasteiger partial charge in [0.25, 0.3) is 0 Å². The number of rotatable bonds is 11. The fourth-order valence-electron chi connectivity index (χ4n) is 4.33. The number of hydrogen-bond donors (Lipinski definition) is 2. The normalized spacial score (nSPS) is 13.5. The molecule has 3 aromatic carbocycles. The first kappa shape index (κ1) is 26.6. The zero-order valence-electron chi connectivity index (χ0n) is 20.9. The number of anilines is 1. The van der Waals surface area contributed by atoms with Crippen LogP contribution >= 0.6 is 0 Å². The van der Waals surface area contributed by atoms with E-state index in [4.69, 9.17) is 0 Å². The third-order valence-corrected chi connectivity index (χ3v) is 7.95. The molecule has 2 N–H and O–H groups in total. The van der Waals surface area contributed by atoms with Crippen LogP contribution in [0.2, 0.25) is 0 Å². The lowest BCUT2D eigenvalue weighted by molar-refractivity contribution is -0.129. The standard InChI is InChI=1S/C29H33N3O4S/c33-28(31-26-13-8-25(9-14-26)22-29(34)32-20-4-5-21-32)17-12-24-10-15-27(16-11-24)37(35,36)30-19-18-23-6-2-1-3-7-23/h1-3,6-11,13-16,30H,4-5,12,17-22H2,(H,31,33). The van der Waals surface area contributed by atoms with E-state index in [0.717, 1.165) is 42.6 Å². The highest BCUT2D eigenvalue weighted by Crippen LogP contribution is 2.15. The van der Waals surface area contributed by atoms with E-state index in [2.05, 4.69) is 10.0 Å². The van der Waals surface area contributed by atoms with E-state index in [9.17, 15) is 18.0 Å². The lowest BCUT2D eigenvalue weighted by atomic mass is 10.1. The van der Waals surface area contributed by atoms with Gasteiger partial charge >= 0.3 is 0 Å². The van der Waals surface area contributed by atoms with Crippen molar-refractivity contribution in [2.24, 2.45) is 0 Å². The fraction of sp³-hybridized carbons (Fsp3) is 0.310. The van der Waals surface area contributed by atoms with Gasteiger partial charge in [0.05, 0.1) is 11.3 Å². The number of carbonyl (C=O) groups excluding carboxylic acids is 2. The first-order valence-corrected chi connectivity index (χ1v) is 14.2. The Hall–Kier alpha value is -3.49. The van der Waals surface area contributed by atoms with Crippen molar-refractivity contribution in [1.82, 2.24) is 9.62 Å². The maximum absolute atomic E-state index is 12.6. The molecule has 0 unspecified atom stereocenters. The van der Waals surface area contributed by atoms with Gasteiger partial charge in [0, 0.05) is 31.7 Å². The minimum atomic E-state index is -3.59. The molecule has 7 nitrogen and oxygen atoms in total. The molecule has 4 rings (SSSR count). The number of nitrogens with one attached hydrogen (secondary N) is 2. The van der Waals surface area contributed by atoms with E-state index in [1.807, 2.05) is 59.5 Å². The molecule has 194 valence electrons. The van der Waals surface area contributed by atoms with Crippen LogP contribution in [0.1, 0.15) is 36.0 Å². The molecule has 0 saturated carbocycles. The van der Waals surface area contributed by atoms with Crippen molar-refractivity contribution in [3.05, 3.63) is 95.6 Å². The molecule has 0 atom stereocenters. The Morgan fingerprint density at radius 2 is 1.38 bits per heavy atom. The lowest BCUT2D eigenvalue weighted by Gasteiger charge is -2.15. The Labute approximate surface area is 218 Å². The topological polar surface area (TPSA) is 95.6 Å². The number of benzene rings is 3. The molecule has 0 spiro atoms. The van der Waals surface area contributed by atoms with E-state index in [1.165, 1.54) is 0 Å². The number of hydrogen-bond acceptors (Lipinski definition) is 4. The third kappa shape index (κ3) is 8.00. The maximum atomic E-state index is 12.6. The first-order valence-electron chi connectivity index (χ1n) is 12.7. The van der Waals surface area contributed by atoms with Gasteiger partial charge in [0.1, 0.15) is 0 Å². The van der Waals surface area contributed by atoms with Crippen molar-refractivity contribution in [2.75, 3.05) is 25.0 Å². The molecule has 1 aliphatic heterocycles. The molecule has 0 bridgehead atoms. The van der Waals surface area contributed by atoms with Crippen LogP contribution in [0.5, 0.6) is 0 Å². The number of likely N-dealkylation sites (tertiary alicyclic amines) is 1. The highest BCUT2D eigenvalue weighted by atomic mass is 32.2. The summed E-state index contributed by atoms with van der Waals surface area (Å²) in [5, 5.41) is 2.88. The second kappa shape index (κ2) is 12.7. The number of amides is 2. The number of aryl methyl sites for hydroxylation is 1. The van der Waals surface area contributed by atoms with Crippen LogP contribution in [-0.4, -0.2) is 44.8 Å². The van der Waals surface area contributed by atoms with Gasteiger partial charge in [-0.1, -0.05) is 54.6 Å². The van der Waals surface area contributed by atoms with Crippen molar-refractivity contribution in [3.8, 4) is 0 Å². The van der Waals surface area contributed by atoms with Gasteiger partial charge in [-0.05, 0) is 66.6 Å². The molecule has 1 aliphatic rings. The lowest BCUT2D eigenvalue weighted by Crippen LogP contribution is -2.29. The summed E-state index contributed by atoms with van der Waals surface area (Å²) in [6, 6.07) is 23.7. The van der Waals surface area contributed by atoms with Gasteiger partial charge in [0.15, 0.2) is 0 Å². The van der Waals surface area contributed by atoms with Crippen molar-refractivity contribution in [2.45, 2.75) is 43.4 Å². The van der Waals surface area contributed by atoms with Crippen LogP contribution in [0.15, 0.2) is 83.8 Å². The monoisotopic (exact) mass is 519 g/mol. The molecule has 0 aliphatic carbocycles. The molecule has 0 radical (unpaired) electrons. The molecule has 0 aromatic heterocycles. The highest BCUT2D eigenvalue weighted by Gasteiger charge is 2.18. The Kier molecular flexibility index (Phi) is 9.09. The van der Waals surface area contributed by atoms with Gasteiger partial charge in [0.2, 0.25) is 21.8 Å². The SMILES string of the molecule is O=C(CCc1ccc(S(=O)(=O)NCCc2ccccc2)cc1)Nc1ccc(CC(=O)N2CCCC2)cc1. The quantitative estimate of drug-likeness (QED) is 0.401. The molecular formula is C29H33N3O4S. The predicted molar refractivity (Wildman–Crippen MR) is 145 cm³/mol. The minimum absolute atomic E-state index is 0.125. The molecule has 1 saturated heterocycles. The Bertz CT molecular complexity index is 1290. The Morgan fingerprint density at radius 1 is 0.757 bits per heavy atom. The van der Waals surface area contributed by atoms with Gasteiger partial charge in [-0.25, -0.2) is 13.1 Å². The van der Waals surface area contributed by atoms with E-state index in [0.29, 0.717) is 31.5 Å². The van der Waals surface area contributed by atoms with Crippen molar-refractivity contribution in [3.63, 3.8) is 0 Å². The fourth-order valence-corrected chi connectivity index (χ4v) is 5.37. The largest absolute Gasteiger partial charge is 0.342 e. The van der Waals surface area contributed by atoms with Crippen LogP contribution in [0.4, 0.5) is 5.69 Å². The predicted octanol–water partition coefficient (Wildman–Crippen LogP) is 3.94. The number of nitrogens with zero attached hydrogens (tertiary/aromatic N) is 1. The van der Waals surface area contributed by atoms with Crippen LogP contribution in [0.25, 0.3) is 0 Å². The van der Waals surface area contributed by atoms with Gasteiger partial charge < -0.3 is 10.2 Å². The van der Waals surface area contributed by atoms with E-state index < -0.39 is 10.0 Å².